The summed E-state index contributed by atoms with van der Waals surface area (Å²) in [5, 5.41) is 9.76. The highest BCUT2D eigenvalue weighted by atomic mass is 15.2. The van der Waals surface area contributed by atoms with Gasteiger partial charge in [-0.3, -0.25) is 10.6 Å². The Morgan fingerprint density at radius 3 is 2.00 bits per heavy atom. The summed E-state index contributed by atoms with van der Waals surface area (Å²) in [4.78, 5) is 0. The molecule has 0 amide bonds. The molecular formula is C9H17N3. The van der Waals surface area contributed by atoms with E-state index in [9.17, 15) is 0 Å². The highest BCUT2D eigenvalue weighted by Gasteiger charge is 2.21. The summed E-state index contributed by atoms with van der Waals surface area (Å²) in [6, 6.07) is 0. The molecule has 1 heterocycles. The fourth-order valence-corrected chi connectivity index (χ4v) is 1.35. The zero-order valence-corrected chi connectivity index (χ0v) is 7.72. The number of rotatable bonds is 4. The van der Waals surface area contributed by atoms with Gasteiger partial charge in [0.15, 0.2) is 0 Å². The monoisotopic (exact) mass is 167 g/mol. The summed E-state index contributed by atoms with van der Waals surface area (Å²) in [5.74, 6) is 0. The van der Waals surface area contributed by atoms with Crippen LogP contribution in [0.1, 0.15) is 13.8 Å². The van der Waals surface area contributed by atoms with Crippen LogP contribution in [-0.4, -0.2) is 18.8 Å². The van der Waals surface area contributed by atoms with Crippen molar-refractivity contribution < 1.29 is 0 Å². The van der Waals surface area contributed by atoms with Crippen LogP contribution in [-0.2, 0) is 0 Å². The first-order valence-corrected chi connectivity index (χ1v) is 4.44. The van der Waals surface area contributed by atoms with Gasteiger partial charge >= 0.3 is 0 Å². The molecule has 0 unspecified atom stereocenters. The van der Waals surface area contributed by atoms with Crippen LogP contribution >= 0.6 is 0 Å². The Bertz CT molecular complexity index is 164. The van der Waals surface area contributed by atoms with Crippen molar-refractivity contribution in [1.29, 1.82) is 0 Å². The highest BCUT2D eigenvalue weighted by molar-refractivity contribution is 5.20. The van der Waals surface area contributed by atoms with Gasteiger partial charge in [0.05, 0.1) is 0 Å². The van der Waals surface area contributed by atoms with E-state index >= 15 is 0 Å². The third-order valence-electron chi connectivity index (χ3n) is 1.82. The minimum Gasteiger partial charge on any atom is -0.368 e. The summed E-state index contributed by atoms with van der Waals surface area (Å²) in [7, 11) is 0. The Morgan fingerprint density at radius 2 is 1.58 bits per heavy atom. The second kappa shape index (κ2) is 4.28. The molecule has 0 saturated heterocycles. The maximum absolute atomic E-state index is 3.37. The van der Waals surface area contributed by atoms with Crippen molar-refractivity contribution in [3.8, 4) is 0 Å². The second-order valence-electron chi connectivity index (χ2n) is 2.76. The van der Waals surface area contributed by atoms with Crippen molar-refractivity contribution in [2.45, 2.75) is 19.5 Å². The summed E-state index contributed by atoms with van der Waals surface area (Å²) in [6.07, 6.45) is 8.04. The number of hydrogen-bond acceptors (Lipinski definition) is 3. The van der Waals surface area contributed by atoms with Crippen molar-refractivity contribution in [2.24, 2.45) is 0 Å². The van der Waals surface area contributed by atoms with Crippen LogP contribution in [0.4, 0.5) is 0 Å². The predicted molar refractivity (Wildman–Crippen MR) is 51.5 cm³/mol. The fraction of sp³-hybridized carbons (Fsp3) is 0.556. The molecule has 0 spiro atoms. The van der Waals surface area contributed by atoms with Crippen molar-refractivity contribution in [3.63, 3.8) is 0 Å². The molecule has 0 fully saturated rings. The SMILES string of the molecule is CCNC1(NCC)C=CNC=C1. The molecule has 68 valence electrons. The first-order valence-electron chi connectivity index (χ1n) is 4.44. The standard InChI is InChI=1S/C9H17N3/c1-3-11-9(12-4-2)5-7-10-8-6-9/h5-8,10-12H,3-4H2,1-2H3. The van der Waals surface area contributed by atoms with E-state index in [-0.39, 0.29) is 5.66 Å². The molecule has 1 aliphatic heterocycles. The van der Waals surface area contributed by atoms with E-state index in [1.165, 1.54) is 0 Å². The average Bonchev–Trinajstić information content (AvgIpc) is 2.07. The maximum atomic E-state index is 3.37. The third-order valence-corrected chi connectivity index (χ3v) is 1.82. The zero-order valence-electron chi connectivity index (χ0n) is 7.72. The van der Waals surface area contributed by atoms with Gasteiger partial charge in [0.25, 0.3) is 0 Å². The molecular weight excluding hydrogens is 150 g/mol. The molecule has 3 nitrogen and oxygen atoms in total. The molecule has 0 aromatic heterocycles. The lowest BCUT2D eigenvalue weighted by Crippen LogP contribution is -2.54. The maximum Gasteiger partial charge on any atom is 0.111 e. The second-order valence-corrected chi connectivity index (χ2v) is 2.76. The van der Waals surface area contributed by atoms with Crippen LogP contribution in [0.15, 0.2) is 24.6 Å². The van der Waals surface area contributed by atoms with E-state index in [1.54, 1.807) is 0 Å². The van der Waals surface area contributed by atoms with Crippen molar-refractivity contribution in [1.82, 2.24) is 16.0 Å². The van der Waals surface area contributed by atoms with Crippen LogP contribution in [0.2, 0.25) is 0 Å². The van der Waals surface area contributed by atoms with Crippen molar-refractivity contribution in [2.75, 3.05) is 13.1 Å². The molecule has 3 heteroatoms. The molecule has 0 saturated carbocycles. The van der Waals surface area contributed by atoms with Gasteiger partial charge in [0, 0.05) is 0 Å². The van der Waals surface area contributed by atoms with Gasteiger partial charge in [0.2, 0.25) is 0 Å². The first kappa shape index (κ1) is 9.29. The normalized spacial score (nSPS) is 19.2. The van der Waals surface area contributed by atoms with Crippen LogP contribution in [0.3, 0.4) is 0 Å². The Morgan fingerprint density at radius 1 is 1.08 bits per heavy atom. The molecule has 0 atom stereocenters. The van der Waals surface area contributed by atoms with Gasteiger partial charge in [0.1, 0.15) is 5.66 Å². The molecule has 0 aliphatic carbocycles. The van der Waals surface area contributed by atoms with Crippen LogP contribution in [0.25, 0.3) is 0 Å². The molecule has 3 N–H and O–H groups in total. The zero-order chi connectivity index (χ0) is 8.86. The van der Waals surface area contributed by atoms with E-state index in [1.807, 2.05) is 12.4 Å². The van der Waals surface area contributed by atoms with Gasteiger partial charge in [-0.1, -0.05) is 13.8 Å². The van der Waals surface area contributed by atoms with E-state index in [0.29, 0.717) is 0 Å². The summed E-state index contributed by atoms with van der Waals surface area (Å²) in [5.41, 5.74) is -0.144. The van der Waals surface area contributed by atoms with Crippen molar-refractivity contribution >= 4 is 0 Å². The lowest BCUT2D eigenvalue weighted by molar-refractivity contribution is 0.408. The first-order chi connectivity index (χ1) is 5.83. The van der Waals surface area contributed by atoms with Gasteiger partial charge in [-0.05, 0) is 37.6 Å². The fourth-order valence-electron chi connectivity index (χ4n) is 1.35. The Kier molecular flexibility index (Phi) is 3.31. The lowest BCUT2D eigenvalue weighted by atomic mass is 10.1. The molecule has 1 rings (SSSR count). The molecule has 0 radical (unpaired) electrons. The number of nitrogens with one attached hydrogen (secondary N) is 3. The Labute approximate surface area is 73.9 Å². The Hall–Kier alpha value is -0.800. The predicted octanol–water partition coefficient (Wildman–Crippen LogP) is 0.532. The van der Waals surface area contributed by atoms with Crippen molar-refractivity contribution in [3.05, 3.63) is 24.6 Å². The van der Waals surface area contributed by atoms with Gasteiger partial charge in [-0.25, -0.2) is 0 Å². The summed E-state index contributed by atoms with van der Waals surface area (Å²) < 4.78 is 0. The smallest absolute Gasteiger partial charge is 0.111 e. The van der Waals surface area contributed by atoms with E-state index in [2.05, 4.69) is 41.9 Å². The Balaban J connectivity index is 2.63. The molecule has 0 aromatic carbocycles. The van der Waals surface area contributed by atoms with E-state index < -0.39 is 0 Å². The van der Waals surface area contributed by atoms with Crippen LogP contribution in [0, 0.1) is 0 Å². The van der Waals surface area contributed by atoms with Crippen LogP contribution < -0.4 is 16.0 Å². The molecule has 1 aliphatic rings. The topological polar surface area (TPSA) is 36.1 Å². The lowest BCUT2D eigenvalue weighted by Gasteiger charge is -2.31. The van der Waals surface area contributed by atoms with E-state index in [0.717, 1.165) is 13.1 Å². The summed E-state index contributed by atoms with van der Waals surface area (Å²) >= 11 is 0. The third kappa shape index (κ3) is 2.09. The minimum absolute atomic E-state index is 0.144. The summed E-state index contributed by atoms with van der Waals surface area (Å²) in [6.45, 7) is 6.09. The minimum atomic E-state index is -0.144. The van der Waals surface area contributed by atoms with Gasteiger partial charge < -0.3 is 5.32 Å². The molecule has 0 aromatic rings. The number of hydrogen-bond donors (Lipinski definition) is 3. The quantitative estimate of drug-likeness (QED) is 0.535. The molecule has 12 heavy (non-hydrogen) atoms. The molecule has 0 bridgehead atoms. The number of dihydropyridines is 1. The largest absolute Gasteiger partial charge is 0.368 e. The van der Waals surface area contributed by atoms with E-state index in [4.69, 9.17) is 0 Å². The van der Waals surface area contributed by atoms with Gasteiger partial charge in [-0.15, -0.1) is 0 Å². The average molecular weight is 167 g/mol. The van der Waals surface area contributed by atoms with Gasteiger partial charge in [-0.2, -0.15) is 0 Å². The van der Waals surface area contributed by atoms with Crippen LogP contribution in [0.5, 0.6) is 0 Å². The number of likely N-dealkylation sites (N-methyl/N-ethyl adjacent to an activating group) is 2. The highest BCUT2D eigenvalue weighted by Crippen LogP contribution is 2.06.